The highest BCUT2D eigenvalue weighted by Crippen LogP contribution is 2.41. The first-order valence-corrected chi connectivity index (χ1v) is 17.4. The van der Waals surface area contributed by atoms with E-state index >= 15 is 0 Å². The summed E-state index contributed by atoms with van der Waals surface area (Å²) in [6.07, 6.45) is 0.673. The summed E-state index contributed by atoms with van der Waals surface area (Å²) in [5.74, 6) is 0. The number of aromatic nitrogens is 1. The van der Waals surface area contributed by atoms with Crippen LogP contribution in [0.5, 0.6) is 0 Å². The van der Waals surface area contributed by atoms with Crippen LogP contribution in [0.4, 0.5) is 0 Å². The van der Waals surface area contributed by atoms with Gasteiger partial charge in [0.15, 0.2) is 0 Å². The third kappa shape index (κ3) is 4.61. The van der Waals surface area contributed by atoms with Crippen molar-refractivity contribution in [3.05, 3.63) is 187 Å². The molecular weight excluding hydrogens is 611 g/mol. The van der Waals surface area contributed by atoms with Crippen LogP contribution in [-0.2, 0) is 0 Å². The number of benzene rings is 7. The monoisotopic (exact) mass is 645 g/mol. The van der Waals surface area contributed by atoms with Gasteiger partial charge in [-0.2, -0.15) is 0 Å². The van der Waals surface area contributed by atoms with Crippen molar-refractivity contribution in [3.63, 3.8) is 0 Å². The molecule has 0 bridgehead atoms. The summed E-state index contributed by atoms with van der Waals surface area (Å²) in [7, 11) is 0. The van der Waals surface area contributed by atoms with Crippen molar-refractivity contribution < 1.29 is 4.42 Å². The Balaban J connectivity index is 1.13. The highest BCUT2D eigenvalue weighted by molar-refractivity contribution is 6.21. The van der Waals surface area contributed by atoms with Crippen LogP contribution in [0.3, 0.4) is 0 Å². The van der Waals surface area contributed by atoms with Gasteiger partial charge in [0.1, 0.15) is 11.2 Å². The van der Waals surface area contributed by atoms with Crippen molar-refractivity contribution in [1.29, 1.82) is 0 Å². The number of nitrogens with one attached hydrogen (secondary N) is 2. The number of fused-ring (bicyclic) bond motifs is 8. The van der Waals surface area contributed by atoms with E-state index in [-0.39, 0.29) is 18.2 Å². The first-order valence-electron chi connectivity index (χ1n) is 17.4. The molecule has 0 amide bonds. The first-order chi connectivity index (χ1) is 24.7. The molecule has 4 heteroatoms. The summed E-state index contributed by atoms with van der Waals surface area (Å²) in [5.41, 5.74) is 9.98. The highest BCUT2D eigenvalue weighted by Gasteiger charge is 2.31. The number of rotatable bonds is 4. The van der Waals surface area contributed by atoms with E-state index in [0.717, 1.165) is 45.2 Å². The second-order valence-electron chi connectivity index (χ2n) is 13.5. The van der Waals surface area contributed by atoms with Crippen molar-refractivity contribution >= 4 is 54.5 Å². The zero-order chi connectivity index (χ0) is 33.2. The Hall–Kier alpha value is -5.94. The molecule has 2 N–H and O–H groups in total. The Morgan fingerprint density at radius 3 is 2.14 bits per heavy atom. The molecule has 3 heterocycles. The van der Waals surface area contributed by atoms with Crippen molar-refractivity contribution in [1.82, 2.24) is 15.2 Å². The zero-order valence-corrected chi connectivity index (χ0v) is 27.5. The van der Waals surface area contributed by atoms with Gasteiger partial charge in [0.05, 0.1) is 23.2 Å². The SMILES string of the molecule is C=C1CC(c2ccccc2)NC(c2cccc3oc4cc(-n5c6ccccc6c6c7ccccc7ccc65)ccc4c23)NC1c1ccccc1. The first kappa shape index (κ1) is 29.0. The van der Waals surface area contributed by atoms with E-state index in [1.165, 1.54) is 43.7 Å². The normalized spacial score (nSPS) is 18.4. The van der Waals surface area contributed by atoms with E-state index in [0.29, 0.717) is 0 Å². The molecule has 1 saturated heterocycles. The number of nitrogens with zero attached hydrogens (tertiary/aromatic N) is 1. The summed E-state index contributed by atoms with van der Waals surface area (Å²) < 4.78 is 9.08. The van der Waals surface area contributed by atoms with Crippen LogP contribution in [-0.4, -0.2) is 4.57 Å². The Morgan fingerprint density at radius 1 is 0.560 bits per heavy atom. The van der Waals surface area contributed by atoms with E-state index in [1.54, 1.807) is 0 Å². The molecule has 4 nitrogen and oxygen atoms in total. The fourth-order valence-corrected chi connectivity index (χ4v) is 8.27. The number of hydrogen-bond donors (Lipinski definition) is 2. The fourth-order valence-electron chi connectivity index (χ4n) is 8.27. The largest absolute Gasteiger partial charge is 0.456 e. The van der Waals surface area contributed by atoms with E-state index in [9.17, 15) is 0 Å². The highest BCUT2D eigenvalue weighted by atomic mass is 16.3. The van der Waals surface area contributed by atoms with Crippen molar-refractivity contribution in [2.24, 2.45) is 0 Å². The molecule has 50 heavy (non-hydrogen) atoms. The minimum absolute atomic E-state index is 0.00572. The molecule has 7 aromatic carbocycles. The van der Waals surface area contributed by atoms with Gasteiger partial charge in [-0.25, -0.2) is 0 Å². The smallest absolute Gasteiger partial charge is 0.137 e. The predicted molar refractivity (Wildman–Crippen MR) is 207 cm³/mol. The molecule has 3 unspecified atom stereocenters. The summed E-state index contributed by atoms with van der Waals surface area (Å²) in [4.78, 5) is 0. The maximum Gasteiger partial charge on any atom is 0.137 e. The fraction of sp³-hybridized carbons (Fsp3) is 0.0870. The average Bonchev–Trinajstić information content (AvgIpc) is 3.66. The molecule has 0 spiro atoms. The average molecular weight is 646 g/mol. The molecule has 0 aliphatic carbocycles. The van der Waals surface area contributed by atoms with Gasteiger partial charge in [0, 0.05) is 39.3 Å². The number of para-hydroxylation sites is 1. The molecular formula is C46H35N3O. The van der Waals surface area contributed by atoms with Crippen LogP contribution < -0.4 is 10.6 Å². The van der Waals surface area contributed by atoms with E-state index < -0.39 is 0 Å². The van der Waals surface area contributed by atoms with Crippen molar-refractivity contribution in [3.8, 4) is 5.69 Å². The quantitative estimate of drug-likeness (QED) is 0.187. The minimum Gasteiger partial charge on any atom is -0.456 e. The molecule has 1 aliphatic heterocycles. The number of hydrogen-bond acceptors (Lipinski definition) is 3. The van der Waals surface area contributed by atoms with Gasteiger partial charge in [0.25, 0.3) is 0 Å². The lowest BCUT2D eigenvalue weighted by molar-refractivity contribution is 0.400. The van der Waals surface area contributed by atoms with E-state index in [1.807, 2.05) is 0 Å². The molecule has 10 rings (SSSR count). The predicted octanol–water partition coefficient (Wildman–Crippen LogP) is 11.5. The van der Waals surface area contributed by atoms with Crippen LogP contribution in [0.15, 0.2) is 174 Å². The van der Waals surface area contributed by atoms with Crippen LogP contribution in [0.2, 0.25) is 0 Å². The van der Waals surface area contributed by atoms with Gasteiger partial charge in [-0.05, 0) is 64.2 Å². The molecule has 0 radical (unpaired) electrons. The second kappa shape index (κ2) is 11.6. The third-order valence-electron chi connectivity index (χ3n) is 10.6. The van der Waals surface area contributed by atoms with E-state index in [2.05, 4.69) is 180 Å². The van der Waals surface area contributed by atoms with Gasteiger partial charge >= 0.3 is 0 Å². The Labute approximate surface area is 290 Å². The lowest BCUT2D eigenvalue weighted by Gasteiger charge is -2.26. The van der Waals surface area contributed by atoms with Crippen LogP contribution in [0, 0.1) is 0 Å². The molecule has 240 valence electrons. The molecule has 0 saturated carbocycles. The van der Waals surface area contributed by atoms with Gasteiger partial charge < -0.3 is 8.98 Å². The lowest BCUT2D eigenvalue weighted by atomic mass is 9.93. The topological polar surface area (TPSA) is 42.1 Å². The van der Waals surface area contributed by atoms with E-state index in [4.69, 9.17) is 4.42 Å². The Morgan fingerprint density at radius 2 is 1.30 bits per heavy atom. The van der Waals surface area contributed by atoms with Crippen molar-refractivity contribution in [2.75, 3.05) is 0 Å². The van der Waals surface area contributed by atoms with Crippen molar-refractivity contribution in [2.45, 2.75) is 24.7 Å². The molecule has 9 aromatic rings. The summed E-state index contributed by atoms with van der Waals surface area (Å²) in [6.45, 7) is 4.61. The number of furan rings is 1. The third-order valence-corrected chi connectivity index (χ3v) is 10.6. The van der Waals surface area contributed by atoms with Crippen LogP contribution in [0.1, 0.15) is 41.4 Å². The Kier molecular flexibility index (Phi) is 6.73. The van der Waals surface area contributed by atoms with Gasteiger partial charge in [0.2, 0.25) is 0 Å². The van der Waals surface area contributed by atoms with Crippen LogP contribution in [0.25, 0.3) is 60.2 Å². The molecule has 2 aromatic heterocycles. The van der Waals surface area contributed by atoms with Gasteiger partial charge in [-0.3, -0.25) is 10.6 Å². The molecule has 1 aliphatic rings. The van der Waals surface area contributed by atoms with Gasteiger partial charge in [-0.15, -0.1) is 0 Å². The molecule has 3 atom stereocenters. The summed E-state index contributed by atoms with van der Waals surface area (Å²) in [5, 5.41) is 15.2. The Bertz CT molecular complexity index is 2720. The van der Waals surface area contributed by atoms with Gasteiger partial charge in [-0.1, -0.05) is 133 Å². The summed E-state index contributed by atoms with van der Waals surface area (Å²) in [6, 6.07) is 56.4. The minimum atomic E-state index is -0.153. The standard InChI is InChI=1S/C46H35N3O/c1-29-27-38(31-14-4-2-5-15-31)47-46(48-45(29)32-16-6-3-7-17-32)37-20-12-22-41-44(37)36-25-24-33(28-42(36)50-41)49-39-21-11-10-19-35(39)43-34-18-9-8-13-30(34)23-26-40(43)49/h2-26,28,38,45-48H,1,27H2. The second-order valence-corrected chi connectivity index (χ2v) is 13.5. The van der Waals surface area contributed by atoms with Crippen LogP contribution >= 0.6 is 0 Å². The maximum absolute atomic E-state index is 6.71. The zero-order valence-electron chi connectivity index (χ0n) is 27.5. The lowest BCUT2D eigenvalue weighted by Crippen LogP contribution is -2.35. The molecule has 1 fully saturated rings. The summed E-state index contributed by atoms with van der Waals surface area (Å²) >= 11 is 0. The maximum atomic E-state index is 6.71.